The van der Waals surface area contributed by atoms with Crippen molar-refractivity contribution in [3.05, 3.63) is 101 Å². The molecule has 0 saturated heterocycles. The second-order valence-corrected chi connectivity index (χ2v) is 9.37. The van der Waals surface area contributed by atoms with Crippen LogP contribution in [0.4, 0.5) is 5.69 Å². The van der Waals surface area contributed by atoms with Crippen molar-refractivity contribution in [2.24, 2.45) is 0 Å². The summed E-state index contributed by atoms with van der Waals surface area (Å²) in [6.45, 7) is 3.34. The zero-order valence-corrected chi connectivity index (χ0v) is 22.0. The van der Waals surface area contributed by atoms with Crippen molar-refractivity contribution in [3.8, 4) is 23.1 Å². The van der Waals surface area contributed by atoms with Crippen LogP contribution in [0.3, 0.4) is 0 Å². The molecule has 0 fully saturated rings. The zero-order valence-electron chi connectivity index (χ0n) is 18.1. The molecule has 1 amide bonds. The molecule has 10 heteroatoms. The Bertz CT molecular complexity index is 1240. The van der Waals surface area contributed by atoms with Gasteiger partial charge >= 0.3 is 34.5 Å². The topological polar surface area (TPSA) is 85.7 Å². The molecule has 2 aromatic carbocycles. The molecule has 0 bridgehead atoms. The summed E-state index contributed by atoms with van der Waals surface area (Å²) < 4.78 is 1.71. The fraction of sp³-hybridized carbons (Fsp3) is 0.0833. The summed E-state index contributed by atoms with van der Waals surface area (Å²) in [4.78, 5) is 17.1. The quantitative estimate of drug-likeness (QED) is 0.225. The molecule has 0 aliphatic heterocycles. The van der Waals surface area contributed by atoms with E-state index in [1.165, 1.54) is 6.92 Å². The van der Waals surface area contributed by atoms with Crippen LogP contribution < -0.4 is 0 Å². The van der Waals surface area contributed by atoms with Crippen molar-refractivity contribution in [1.82, 2.24) is 14.8 Å². The van der Waals surface area contributed by atoms with Crippen LogP contribution in [-0.4, -0.2) is 20.7 Å². The molecule has 2 aromatic heterocycles. The Kier molecular flexibility index (Phi) is 11.7. The van der Waals surface area contributed by atoms with E-state index in [4.69, 9.17) is 36.2 Å². The first-order valence-corrected chi connectivity index (χ1v) is 14.3. The number of nitriles is 1. The zero-order chi connectivity index (χ0) is 24.9. The fourth-order valence-electron chi connectivity index (χ4n) is 2.86. The third kappa shape index (κ3) is 7.93. The number of hydrogen-bond donors (Lipinski definition) is 0. The molecular formula is C24H19Cl3N5ORh. The second kappa shape index (κ2) is 14.5. The summed E-state index contributed by atoms with van der Waals surface area (Å²) in [5, 5.41) is 16.2. The van der Waals surface area contributed by atoms with Crippen LogP contribution >= 0.6 is 31.0 Å². The van der Waals surface area contributed by atoms with Crippen molar-refractivity contribution in [2.75, 3.05) is 0 Å². The van der Waals surface area contributed by atoms with Crippen LogP contribution in [0.2, 0.25) is 5.02 Å². The number of carbonyl (C=O) groups is 1. The molecular weight excluding hydrogens is 584 g/mol. The molecule has 0 unspecified atom stereocenters. The Balaban J connectivity index is 0.000000618. The average molecular weight is 603 g/mol. The average Bonchev–Trinajstić information content (AvgIpc) is 3.23. The maximum absolute atomic E-state index is 12.6. The van der Waals surface area contributed by atoms with Crippen molar-refractivity contribution in [2.45, 2.75) is 13.8 Å². The summed E-state index contributed by atoms with van der Waals surface area (Å²) in [5.41, 5.74) is 3.37. The van der Waals surface area contributed by atoms with Gasteiger partial charge in [-0.25, -0.2) is 9.67 Å². The Hall–Kier alpha value is -2.75. The van der Waals surface area contributed by atoms with E-state index in [1.807, 2.05) is 61.5 Å². The molecule has 2 heterocycles. The third-order valence-electron chi connectivity index (χ3n) is 4.14. The van der Waals surface area contributed by atoms with Crippen LogP contribution in [0.5, 0.6) is 0 Å². The Morgan fingerprint density at radius 1 is 1.03 bits per heavy atom. The van der Waals surface area contributed by atoms with Gasteiger partial charge in [0.25, 0.3) is 0 Å². The summed E-state index contributed by atoms with van der Waals surface area (Å²) in [6.07, 6.45) is 0. The van der Waals surface area contributed by atoms with E-state index in [2.05, 4.69) is 15.4 Å². The number of nitrogens with zero attached hydrogens (tertiary/aromatic N) is 5. The first kappa shape index (κ1) is 27.5. The Morgan fingerprint density at radius 3 is 2.18 bits per heavy atom. The van der Waals surface area contributed by atoms with E-state index in [0.29, 0.717) is 11.5 Å². The van der Waals surface area contributed by atoms with Crippen LogP contribution in [-0.2, 0) is 15.1 Å². The predicted octanol–water partition coefficient (Wildman–Crippen LogP) is 7.65. The number of hydrogen-bond acceptors (Lipinski definition) is 4. The second-order valence-electron chi connectivity index (χ2n) is 6.47. The van der Waals surface area contributed by atoms with Gasteiger partial charge in [0.1, 0.15) is 11.6 Å². The summed E-state index contributed by atoms with van der Waals surface area (Å²) >= 11 is 6.01. The van der Waals surface area contributed by atoms with Gasteiger partial charge < -0.3 is 10.1 Å². The molecule has 4 aromatic rings. The van der Waals surface area contributed by atoms with E-state index in [-0.39, 0.29) is 25.9 Å². The van der Waals surface area contributed by atoms with Crippen molar-refractivity contribution < 1.29 is 19.9 Å². The van der Waals surface area contributed by atoms with E-state index in [0.717, 1.165) is 17.0 Å². The summed E-state index contributed by atoms with van der Waals surface area (Å²) in [7, 11) is 9.67. The SMILES string of the molecule is CC#N.Cc1cc(-c2ccccc2)n(-c2ccc(Cl)c(C(=O)[N-]c3ccccc3)n2)n1.[Cl][Rh+][Cl]. The van der Waals surface area contributed by atoms with Crippen LogP contribution in [0.25, 0.3) is 22.4 Å². The number of amides is 1. The molecule has 0 N–H and O–H groups in total. The van der Waals surface area contributed by atoms with Gasteiger partial charge in [-0.15, -0.1) is 5.69 Å². The normalized spacial score (nSPS) is 9.65. The van der Waals surface area contributed by atoms with Gasteiger partial charge in [0.2, 0.25) is 0 Å². The first-order chi connectivity index (χ1) is 16.4. The molecule has 0 spiro atoms. The number of aryl methyl sites for hydroxylation is 1. The first-order valence-electron chi connectivity index (χ1n) is 9.69. The molecule has 0 radical (unpaired) electrons. The predicted molar refractivity (Wildman–Crippen MR) is 133 cm³/mol. The molecule has 0 atom stereocenters. The van der Waals surface area contributed by atoms with Crippen LogP contribution in [0.1, 0.15) is 23.1 Å². The van der Waals surface area contributed by atoms with Gasteiger partial charge in [0, 0.05) is 12.5 Å². The van der Waals surface area contributed by atoms with Gasteiger partial charge in [0.15, 0.2) is 5.82 Å². The van der Waals surface area contributed by atoms with E-state index >= 15 is 0 Å². The Morgan fingerprint density at radius 2 is 1.59 bits per heavy atom. The number of aromatic nitrogens is 3. The van der Waals surface area contributed by atoms with Crippen molar-refractivity contribution in [1.29, 1.82) is 5.26 Å². The third-order valence-corrected chi connectivity index (χ3v) is 4.44. The molecule has 176 valence electrons. The molecule has 6 nitrogen and oxygen atoms in total. The van der Waals surface area contributed by atoms with Crippen molar-refractivity contribution >= 4 is 42.6 Å². The number of pyridine rings is 1. The summed E-state index contributed by atoms with van der Waals surface area (Å²) in [6, 6.07) is 26.0. The molecule has 0 aliphatic carbocycles. The molecule has 34 heavy (non-hydrogen) atoms. The fourth-order valence-corrected chi connectivity index (χ4v) is 3.05. The van der Waals surface area contributed by atoms with Gasteiger partial charge in [-0.1, -0.05) is 72.3 Å². The van der Waals surface area contributed by atoms with Crippen molar-refractivity contribution in [3.63, 3.8) is 0 Å². The monoisotopic (exact) mass is 601 g/mol. The van der Waals surface area contributed by atoms with Gasteiger partial charge in [-0.2, -0.15) is 10.4 Å². The number of carbonyl (C=O) groups excluding carboxylic acids is 1. The summed E-state index contributed by atoms with van der Waals surface area (Å²) in [5.74, 6) is 0.00570. The van der Waals surface area contributed by atoms with Gasteiger partial charge in [-0.3, -0.25) is 0 Å². The number of para-hydroxylation sites is 1. The van der Waals surface area contributed by atoms with E-state index in [1.54, 1.807) is 35.0 Å². The number of benzene rings is 2. The van der Waals surface area contributed by atoms with Crippen LogP contribution in [0.15, 0.2) is 78.9 Å². The number of rotatable bonds is 4. The maximum atomic E-state index is 12.6. The Labute approximate surface area is 219 Å². The van der Waals surface area contributed by atoms with Gasteiger partial charge in [0.05, 0.1) is 22.5 Å². The minimum atomic E-state index is -0.497. The molecule has 4 rings (SSSR count). The van der Waals surface area contributed by atoms with E-state index < -0.39 is 5.91 Å². The minimum absolute atomic E-state index is 0.0928. The van der Waals surface area contributed by atoms with Crippen LogP contribution in [0, 0.1) is 18.3 Å². The standard InChI is InChI=1S/C22H17ClN4O.C2H3N.2ClH.Rh/c1-15-14-19(16-8-4-2-5-9-16)27(26-15)20-13-12-18(23)21(25-20)22(28)24-17-10-6-3-7-11-17;1-2-3;;;/h2-14H,1H3,(H,24,28);1H3;2*1H;/q;;;;+3/p-3. The molecule has 0 saturated carbocycles. The van der Waals surface area contributed by atoms with E-state index in [9.17, 15) is 4.79 Å². The number of halogens is 3. The molecule has 0 aliphatic rings. The van der Waals surface area contributed by atoms with Gasteiger partial charge in [-0.05, 0) is 25.1 Å².